The first-order valence-corrected chi connectivity index (χ1v) is 7.98. The number of hydrogen-bond acceptors (Lipinski definition) is 2. The molecule has 3 aromatic carbocycles. The van der Waals surface area contributed by atoms with Crippen molar-refractivity contribution in [2.24, 2.45) is 0 Å². The summed E-state index contributed by atoms with van der Waals surface area (Å²) in [5, 5.41) is 10.2. The summed E-state index contributed by atoms with van der Waals surface area (Å²) in [5.41, 5.74) is 1.95. The van der Waals surface area contributed by atoms with Crippen LogP contribution in [0.2, 0.25) is 0 Å². The maximum absolute atomic E-state index is 10.2. The van der Waals surface area contributed by atoms with Crippen molar-refractivity contribution in [1.82, 2.24) is 0 Å². The van der Waals surface area contributed by atoms with Crippen molar-refractivity contribution >= 4 is 0 Å². The van der Waals surface area contributed by atoms with Crippen molar-refractivity contribution in [3.05, 3.63) is 120 Å². The molecule has 0 saturated heterocycles. The molecule has 0 atom stereocenters. The van der Waals surface area contributed by atoms with Gasteiger partial charge in [-0.15, -0.1) is 0 Å². The molecule has 3 rings (SSSR count). The minimum atomic E-state index is -0.916. The second-order valence-electron chi connectivity index (χ2n) is 5.51. The second kappa shape index (κ2) is 7.05. The Morgan fingerprint density at radius 2 is 1.04 bits per heavy atom. The fraction of sp³-hybridized carbons (Fsp3) is 0.0909. The van der Waals surface area contributed by atoms with Crippen LogP contribution in [-0.4, -0.2) is 5.11 Å². The van der Waals surface area contributed by atoms with Gasteiger partial charge < -0.3 is 9.84 Å². The Hall–Kier alpha value is -3.00. The Kier molecular flexibility index (Phi) is 4.66. The third kappa shape index (κ3) is 2.91. The third-order valence-corrected chi connectivity index (χ3v) is 4.05. The van der Waals surface area contributed by atoms with Gasteiger partial charge in [0, 0.05) is 16.7 Å². The number of hydrogen-bond donors (Lipinski definition) is 1. The van der Waals surface area contributed by atoms with Gasteiger partial charge in [-0.1, -0.05) is 91.0 Å². The molecule has 0 aliphatic rings. The quantitative estimate of drug-likeness (QED) is 0.503. The summed E-state index contributed by atoms with van der Waals surface area (Å²) in [5.74, 6) is -0.105. The minimum absolute atomic E-state index is 0.105. The zero-order chi connectivity index (χ0) is 16.8. The van der Waals surface area contributed by atoms with Gasteiger partial charge in [-0.25, -0.2) is 0 Å². The highest BCUT2D eigenvalue weighted by Crippen LogP contribution is 2.41. The number of aliphatic hydroxyl groups is 1. The van der Waals surface area contributed by atoms with Gasteiger partial charge in [-0.05, 0) is 13.0 Å². The van der Waals surface area contributed by atoms with Crippen molar-refractivity contribution in [3.63, 3.8) is 0 Å². The lowest BCUT2D eigenvalue weighted by Crippen LogP contribution is -2.32. The molecule has 0 aliphatic heterocycles. The van der Waals surface area contributed by atoms with Gasteiger partial charge >= 0.3 is 0 Å². The molecular formula is C22H20O2. The lowest BCUT2D eigenvalue weighted by Gasteiger charge is -2.35. The van der Waals surface area contributed by atoms with Crippen LogP contribution in [0.4, 0.5) is 0 Å². The molecule has 3 aromatic rings. The van der Waals surface area contributed by atoms with E-state index in [-0.39, 0.29) is 5.95 Å². The first-order valence-electron chi connectivity index (χ1n) is 7.98. The maximum Gasteiger partial charge on any atom is 0.273 e. The maximum atomic E-state index is 10.2. The van der Waals surface area contributed by atoms with E-state index < -0.39 is 5.60 Å². The smallest absolute Gasteiger partial charge is 0.273 e. The number of ether oxygens (including phenoxy) is 1. The van der Waals surface area contributed by atoms with Crippen LogP contribution in [0.25, 0.3) is 0 Å². The Morgan fingerprint density at radius 1 is 0.708 bits per heavy atom. The van der Waals surface area contributed by atoms with Crippen LogP contribution in [0.1, 0.15) is 23.6 Å². The zero-order valence-electron chi connectivity index (χ0n) is 13.6. The van der Waals surface area contributed by atoms with Crippen molar-refractivity contribution in [1.29, 1.82) is 0 Å². The molecule has 0 heterocycles. The van der Waals surface area contributed by atoms with E-state index in [2.05, 4.69) is 0 Å². The molecule has 0 saturated carbocycles. The number of allylic oxidation sites excluding steroid dienone is 1. The highest BCUT2D eigenvalue weighted by atomic mass is 16.6. The van der Waals surface area contributed by atoms with Crippen LogP contribution in [0.3, 0.4) is 0 Å². The highest BCUT2D eigenvalue weighted by molar-refractivity contribution is 5.47. The van der Waals surface area contributed by atoms with E-state index >= 15 is 0 Å². The Balaban J connectivity index is 2.32. The molecule has 24 heavy (non-hydrogen) atoms. The molecule has 2 nitrogen and oxygen atoms in total. The van der Waals surface area contributed by atoms with Gasteiger partial charge in [-0.2, -0.15) is 0 Å². The molecular weight excluding hydrogens is 296 g/mol. The molecule has 120 valence electrons. The summed E-state index contributed by atoms with van der Waals surface area (Å²) in [7, 11) is 0. The van der Waals surface area contributed by atoms with Crippen LogP contribution in [-0.2, 0) is 10.3 Å². The van der Waals surface area contributed by atoms with Gasteiger partial charge in [0.05, 0.1) is 0 Å². The average Bonchev–Trinajstić information content (AvgIpc) is 2.68. The Labute approximate surface area is 142 Å². The largest absolute Gasteiger partial charge is 0.481 e. The van der Waals surface area contributed by atoms with Crippen LogP contribution in [0, 0.1) is 0 Å². The van der Waals surface area contributed by atoms with E-state index in [9.17, 15) is 5.11 Å². The van der Waals surface area contributed by atoms with E-state index in [4.69, 9.17) is 4.74 Å². The van der Waals surface area contributed by atoms with Crippen LogP contribution in [0.15, 0.2) is 103 Å². The van der Waals surface area contributed by atoms with Gasteiger partial charge in [0.25, 0.3) is 5.95 Å². The van der Waals surface area contributed by atoms with Gasteiger partial charge in [0.1, 0.15) is 0 Å². The SMILES string of the molecule is C/C=C(/O)OC(c1ccccc1)(c1ccccc1)c1ccccc1. The van der Waals surface area contributed by atoms with Gasteiger partial charge in [0.15, 0.2) is 5.60 Å². The molecule has 0 spiro atoms. The summed E-state index contributed by atoms with van der Waals surface area (Å²) in [6.07, 6.45) is 1.56. The van der Waals surface area contributed by atoms with Crippen LogP contribution < -0.4 is 0 Å². The Morgan fingerprint density at radius 3 is 1.33 bits per heavy atom. The number of rotatable bonds is 5. The Bertz CT molecular complexity index is 696. The summed E-state index contributed by atoms with van der Waals surface area (Å²) >= 11 is 0. The predicted octanol–water partition coefficient (Wildman–Crippen LogP) is 5.41. The van der Waals surface area contributed by atoms with Crippen LogP contribution in [0.5, 0.6) is 0 Å². The summed E-state index contributed by atoms with van der Waals surface area (Å²) in [6.45, 7) is 1.75. The summed E-state index contributed by atoms with van der Waals surface area (Å²) in [4.78, 5) is 0. The highest BCUT2D eigenvalue weighted by Gasteiger charge is 2.39. The molecule has 2 heteroatoms. The van der Waals surface area contributed by atoms with E-state index in [1.807, 2.05) is 91.0 Å². The van der Waals surface area contributed by atoms with Crippen molar-refractivity contribution in [3.8, 4) is 0 Å². The van der Waals surface area contributed by atoms with Gasteiger partial charge in [0.2, 0.25) is 0 Å². The van der Waals surface area contributed by atoms with Crippen molar-refractivity contribution in [2.45, 2.75) is 12.5 Å². The number of aliphatic hydroxyl groups excluding tert-OH is 1. The van der Waals surface area contributed by atoms with Crippen LogP contribution >= 0.6 is 0 Å². The van der Waals surface area contributed by atoms with Crippen molar-refractivity contribution < 1.29 is 9.84 Å². The normalized spacial score (nSPS) is 12.0. The van der Waals surface area contributed by atoms with E-state index in [1.165, 1.54) is 0 Å². The monoisotopic (exact) mass is 316 g/mol. The van der Waals surface area contributed by atoms with E-state index in [0.717, 1.165) is 16.7 Å². The van der Waals surface area contributed by atoms with E-state index in [0.29, 0.717) is 0 Å². The van der Waals surface area contributed by atoms with Gasteiger partial charge in [-0.3, -0.25) is 0 Å². The average molecular weight is 316 g/mol. The fourth-order valence-corrected chi connectivity index (χ4v) is 2.91. The van der Waals surface area contributed by atoms with E-state index in [1.54, 1.807) is 13.0 Å². The molecule has 0 fully saturated rings. The molecule has 0 unspecified atom stereocenters. The molecule has 0 bridgehead atoms. The molecule has 0 aliphatic carbocycles. The fourth-order valence-electron chi connectivity index (χ4n) is 2.91. The summed E-state index contributed by atoms with van der Waals surface area (Å²) in [6, 6.07) is 29.9. The second-order valence-corrected chi connectivity index (χ2v) is 5.51. The molecule has 0 amide bonds. The lowest BCUT2D eigenvalue weighted by atomic mass is 9.80. The predicted molar refractivity (Wildman–Crippen MR) is 96.7 cm³/mol. The molecule has 1 N–H and O–H groups in total. The van der Waals surface area contributed by atoms with Crippen molar-refractivity contribution in [2.75, 3.05) is 0 Å². The topological polar surface area (TPSA) is 29.5 Å². The first-order chi connectivity index (χ1) is 11.8. The molecule has 0 radical (unpaired) electrons. The first kappa shape index (κ1) is 15.9. The lowest BCUT2D eigenvalue weighted by molar-refractivity contribution is -0.00199. The third-order valence-electron chi connectivity index (χ3n) is 4.05. The minimum Gasteiger partial charge on any atom is -0.481 e. The number of benzene rings is 3. The molecule has 0 aromatic heterocycles. The standard InChI is InChI=1S/C22H20O2/c1-2-21(23)24-22(18-12-6-3-7-13-18,19-14-8-4-9-15-19)20-16-10-5-11-17-20/h2-17,23H,1H3/b21-2-. The zero-order valence-corrected chi connectivity index (χ0v) is 13.6. The summed E-state index contributed by atoms with van der Waals surface area (Å²) < 4.78 is 6.16.